The summed E-state index contributed by atoms with van der Waals surface area (Å²) in [6, 6.07) is 0. The summed E-state index contributed by atoms with van der Waals surface area (Å²) >= 11 is 0. The normalized spacial score (nSPS) is 44.5. The van der Waals surface area contributed by atoms with Crippen LogP contribution in [0.3, 0.4) is 0 Å². The van der Waals surface area contributed by atoms with E-state index >= 15 is 0 Å². The van der Waals surface area contributed by atoms with Gasteiger partial charge in [-0.15, -0.1) is 0 Å². The highest BCUT2D eigenvalue weighted by atomic mass is 32.3. The predicted octanol–water partition coefficient (Wildman–Crippen LogP) is 6.74. The van der Waals surface area contributed by atoms with Crippen molar-refractivity contribution in [3.8, 4) is 0 Å². The minimum Gasteiger partial charge on any atom is -0.411 e. The molecular formula is C27H47NO5S. The second-order valence-electron chi connectivity index (χ2n) is 13.2. The zero-order valence-corrected chi connectivity index (χ0v) is 22.7. The van der Waals surface area contributed by atoms with Crippen molar-refractivity contribution in [2.75, 3.05) is 0 Å². The summed E-state index contributed by atoms with van der Waals surface area (Å²) in [5.41, 5.74) is 0.965. The van der Waals surface area contributed by atoms with Crippen molar-refractivity contribution in [2.45, 2.75) is 111 Å². The van der Waals surface area contributed by atoms with Crippen molar-refractivity contribution in [3.05, 3.63) is 0 Å². The molecule has 4 rings (SSSR count). The first-order valence-electron chi connectivity index (χ1n) is 13.7. The summed E-state index contributed by atoms with van der Waals surface area (Å²) in [6.45, 7) is 11.9. The average molecular weight is 498 g/mol. The van der Waals surface area contributed by atoms with Gasteiger partial charge in [0.25, 0.3) is 0 Å². The highest BCUT2D eigenvalue weighted by molar-refractivity contribution is 7.80. The molecule has 0 heterocycles. The van der Waals surface area contributed by atoms with Gasteiger partial charge in [-0.1, -0.05) is 59.0 Å². The molecule has 34 heavy (non-hydrogen) atoms. The fraction of sp³-hybridized carbons (Fsp3) is 0.963. The number of hydrogen-bond acceptors (Lipinski definition) is 5. The van der Waals surface area contributed by atoms with Gasteiger partial charge < -0.3 is 5.21 Å². The van der Waals surface area contributed by atoms with Crippen LogP contribution in [0.2, 0.25) is 0 Å². The standard InChI is InChI=1S/C27H47NO5S/c1-17(2)7-6-8-18(3)21-9-10-22-20-16-25(33-34(30,31)32)24-15-19(28-29)11-13-27(24,5)23(20)12-14-26(21,22)4/h17-18,20-25,29H,6-16H2,1-5H3,(H,30,31,32)/b28-19+/t18-,20+,21-,22+,23+,24?,25+,26-,27-/m1/s1. The molecule has 0 radical (unpaired) electrons. The van der Waals surface area contributed by atoms with Crippen molar-refractivity contribution < 1.29 is 22.4 Å². The van der Waals surface area contributed by atoms with Crippen LogP contribution in [-0.4, -0.2) is 30.0 Å². The Bertz CT molecular complexity index is 872. The van der Waals surface area contributed by atoms with Gasteiger partial charge in [0.15, 0.2) is 0 Å². The summed E-state index contributed by atoms with van der Waals surface area (Å²) < 4.78 is 38.6. The van der Waals surface area contributed by atoms with E-state index in [1.54, 1.807) is 0 Å². The lowest BCUT2D eigenvalue weighted by Gasteiger charge is -2.62. The Kier molecular flexibility index (Phi) is 7.50. The Labute approximate surface area is 207 Å². The third kappa shape index (κ3) is 4.82. The summed E-state index contributed by atoms with van der Waals surface area (Å²) in [5, 5.41) is 12.9. The third-order valence-electron chi connectivity index (χ3n) is 11.1. The molecule has 0 bridgehead atoms. The van der Waals surface area contributed by atoms with Crippen molar-refractivity contribution in [3.63, 3.8) is 0 Å². The lowest BCUT2D eigenvalue weighted by molar-refractivity contribution is -0.143. The quantitative estimate of drug-likeness (QED) is 0.231. The van der Waals surface area contributed by atoms with E-state index in [0.717, 1.165) is 36.3 Å². The molecule has 0 aromatic carbocycles. The second-order valence-corrected chi connectivity index (χ2v) is 14.2. The number of rotatable bonds is 7. The smallest absolute Gasteiger partial charge is 0.397 e. The zero-order chi connectivity index (χ0) is 24.9. The fourth-order valence-electron chi connectivity index (χ4n) is 9.45. The van der Waals surface area contributed by atoms with E-state index in [9.17, 15) is 18.2 Å². The molecule has 2 N–H and O–H groups in total. The predicted molar refractivity (Wildman–Crippen MR) is 134 cm³/mol. The molecule has 4 saturated carbocycles. The summed E-state index contributed by atoms with van der Waals surface area (Å²) in [4.78, 5) is 0. The van der Waals surface area contributed by atoms with Gasteiger partial charge >= 0.3 is 10.4 Å². The van der Waals surface area contributed by atoms with Gasteiger partial charge in [0.05, 0.1) is 11.8 Å². The SMILES string of the molecule is CC(C)CCC[C@@H](C)[C@H]1CC[C@H]2[C@@H]3C[C@H](OS(=O)(=O)O)C4C/C(=N/O)CC[C@]4(C)[C@H]3CC[C@]12C. The van der Waals surface area contributed by atoms with E-state index < -0.39 is 16.5 Å². The van der Waals surface area contributed by atoms with Crippen molar-refractivity contribution in [2.24, 2.45) is 57.4 Å². The van der Waals surface area contributed by atoms with Gasteiger partial charge in [0, 0.05) is 0 Å². The van der Waals surface area contributed by atoms with E-state index in [-0.39, 0.29) is 11.3 Å². The summed E-state index contributed by atoms with van der Waals surface area (Å²) in [5.74, 6) is 3.71. The molecule has 0 aromatic rings. The second kappa shape index (κ2) is 9.66. The van der Waals surface area contributed by atoms with Gasteiger partial charge in [0.2, 0.25) is 0 Å². The van der Waals surface area contributed by atoms with Crippen LogP contribution in [0.15, 0.2) is 5.16 Å². The molecule has 4 aliphatic rings. The Morgan fingerprint density at radius 2 is 1.74 bits per heavy atom. The minimum absolute atomic E-state index is 0.0492. The number of nitrogens with zero attached hydrogens (tertiary/aromatic N) is 1. The first-order chi connectivity index (χ1) is 15.9. The minimum atomic E-state index is -4.54. The number of fused-ring (bicyclic) bond motifs is 5. The highest BCUT2D eigenvalue weighted by Crippen LogP contribution is 2.68. The lowest BCUT2D eigenvalue weighted by atomic mass is 9.44. The first-order valence-corrected chi connectivity index (χ1v) is 15.1. The molecule has 0 amide bonds. The van der Waals surface area contributed by atoms with Crippen LogP contribution < -0.4 is 0 Å². The van der Waals surface area contributed by atoms with E-state index in [1.165, 1.54) is 44.9 Å². The molecule has 0 spiro atoms. The molecule has 1 unspecified atom stereocenters. The monoisotopic (exact) mass is 497 g/mol. The number of hydrogen-bond donors (Lipinski definition) is 2. The van der Waals surface area contributed by atoms with Crippen molar-refractivity contribution >= 4 is 16.1 Å². The molecule has 196 valence electrons. The van der Waals surface area contributed by atoms with E-state index in [4.69, 9.17) is 4.18 Å². The maximum absolute atomic E-state index is 11.8. The average Bonchev–Trinajstić information content (AvgIpc) is 3.09. The van der Waals surface area contributed by atoms with E-state index in [0.29, 0.717) is 36.0 Å². The topological polar surface area (TPSA) is 96.2 Å². The Hall–Kier alpha value is -0.660. The van der Waals surface area contributed by atoms with Crippen LogP contribution in [-0.2, 0) is 14.6 Å². The Morgan fingerprint density at radius 3 is 2.38 bits per heavy atom. The molecule has 0 aliphatic heterocycles. The molecule has 4 fully saturated rings. The summed E-state index contributed by atoms with van der Waals surface area (Å²) in [7, 11) is -4.54. The van der Waals surface area contributed by atoms with Crippen LogP contribution in [0.4, 0.5) is 0 Å². The van der Waals surface area contributed by atoms with Crippen molar-refractivity contribution in [1.29, 1.82) is 0 Å². The highest BCUT2D eigenvalue weighted by Gasteiger charge is 2.63. The third-order valence-corrected chi connectivity index (χ3v) is 11.6. The lowest BCUT2D eigenvalue weighted by Crippen LogP contribution is -2.58. The maximum Gasteiger partial charge on any atom is 0.397 e. The number of oxime groups is 1. The maximum atomic E-state index is 11.8. The van der Waals surface area contributed by atoms with Gasteiger partial charge in [-0.05, 0) is 104 Å². The van der Waals surface area contributed by atoms with Crippen LogP contribution in [0, 0.1) is 52.3 Å². The summed E-state index contributed by atoms with van der Waals surface area (Å²) in [6.07, 6.45) is 11.2. The van der Waals surface area contributed by atoms with Gasteiger partial charge in [0.1, 0.15) is 0 Å². The largest absolute Gasteiger partial charge is 0.411 e. The first kappa shape index (κ1) is 26.4. The molecule has 6 nitrogen and oxygen atoms in total. The molecule has 0 aromatic heterocycles. The van der Waals surface area contributed by atoms with Gasteiger partial charge in [-0.3, -0.25) is 4.55 Å². The molecule has 0 saturated heterocycles. The van der Waals surface area contributed by atoms with Crippen molar-refractivity contribution in [1.82, 2.24) is 0 Å². The van der Waals surface area contributed by atoms with E-state index in [2.05, 4.69) is 39.8 Å². The zero-order valence-electron chi connectivity index (χ0n) is 21.9. The van der Waals surface area contributed by atoms with Crippen LogP contribution in [0.25, 0.3) is 0 Å². The van der Waals surface area contributed by atoms with Crippen LogP contribution in [0.5, 0.6) is 0 Å². The van der Waals surface area contributed by atoms with Gasteiger partial charge in [-0.2, -0.15) is 8.42 Å². The van der Waals surface area contributed by atoms with Gasteiger partial charge in [-0.25, -0.2) is 4.18 Å². The molecular weight excluding hydrogens is 450 g/mol. The molecule has 7 heteroatoms. The Morgan fingerprint density at radius 1 is 1.03 bits per heavy atom. The van der Waals surface area contributed by atoms with Crippen LogP contribution >= 0.6 is 0 Å². The molecule has 9 atom stereocenters. The van der Waals surface area contributed by atoms with Crippen LogP contribution in [0.1, 0.15) is 105 Å². The molecule has 4 aliphatic carbocycles. The fourth-order valence-corrected chi connectivity index (χ4v) is 9.98. The Balaban J connectivity index is 1.58. The van der Waals surface area contributed by atoms with E-state index in [1.807, 2.05) is 0 Å².